The summed E-state index contributed by atoms with van der Waals surface area (Å²) in [6, 6.07) is 10.1. The van der Waals surface area contributed by atoms with Gasteiger partial charge in [0.25, 0.3) is 0 Å². The molecule has 7 nitrogen and oxygen atoms in total. The standard InChI is InChI=1S/C23H34N4O3/c1-18-15-20(25-30-18)16-26-10-12-27(13-11-26)17-22(28)24-9-14-29-21-7-5-19(6-8-21)23(2,3)4/h5-8,15H,9-14,16-17H2,1-4H3,(H,24,28). The molecule has 0 aliphatic carbocycles. The first-order valence-corrected chi connectivity index (χ1v) is 10.7. The van der Waals surface area contributed by atoms with Crippen molar-refractivity contribution in [1.29, 1.82) is 0 Å². The molecule has 1 saturated heterocycles. The highest BCUT2D eigenvalue weighted by molar-refractivity contribution is 5.78. The van der Waals surface area contributed by atoms with Crippen LogP contribution in [-0.2, 0) is 16.8 Å². The summed E-state index contributed by atoms with van der Waals surface area (Å²) in [6.45, 7) is 14.3. The quantitative estimate of drug-likeness (QED) is 0.670. The van der Waals surface area contributed by atoms with E-state index in [2.05, 4.69) is 53.2 Å². The zero-order valence-electron chi connectivity index (χ0n) is 18.6. The molecule has 1 aromatic heterocycles. The van der Waals surface area contributed by atoms with Crippen molar-refractivity contribution in [1.82, 2.24) is 20.3 Å². The van der Waals surface area contributed by atoms with Crippen molar-refractivity contribution >= 4 is 5.91 Å². The summed E-state index contributed by atoms with van der Waals surface area (Å²) in [5.74, 6) is 1.71. The van der Waals surface area contributed by atoms with Gasteiger partial charge < -0.3 is 14.6 Å². The second-order valence-corrected chi connectivity index (χ2v) is 8.95. The van der Waals surface area contributed by atoms with E-state index in [-0.39, 0.29) is 11.3 Å². The lowest BCUT2D eigenvalue weighted by atomic mass is 9.87. The highest BCUT2D eigenvalue weighted by atomic mass is 16.5. The van der Waals surface area contributed by atoms with Gasteiger partial charge in [-0.15, -0.1) is 0 Å². The van der Waals surface area contributed by atoms with E-state index in [0.717, 1.165) is 49.9 Å². The van der Waals surface area contributed by atoms with Crippen LogP contribution in [0.15, 0.2) is 34.9 Å². The summed E-state index contributed by atoms with van der Waals surface area (Å²) in [5.41, 5.74) is 2.37. The Labute approximate surface area is 179 Å². The largest absolute Gasteiger partial charge is 0.492 e. The van der Waals surface area contributed by atoms with Crippen LogP contribution in [0.1, 0.15) is 37.8 Å². The maximum absolute atomic E-state index is 12.2. The zero-order valence-corrected chi connectivity index (χ0v) is 18.6. The maximum Gasteiger partial charge on any atom is 0.234 e. The molecule has 30 heavy (non-hydrogen) atoms. The summed E-state index contributed by atoms with van der Waals surface area (Å²) in [4.78, 5) is 16.7. The van der Waals surface area contributed by atoms with Crippen molar-refractivity contribution in [2.45, 2.75) is 39.7 Å². The number of carbonyl (C=O) groups excluding carboxylic acids is 1. The van der Waals surface area contributed by atoms with Gasteiger partial charge >= 0.3 is 0 Å². The Morgan fingerprint density at radius 1 is 1.13 bits per heavy atom. The second-order valence-electron chi connectivity index (χ2n) is 8.95. The lowest BCUT2D eigenvalue weighted by Crippen LogP contribution is -2.49. The number of benzene rings is 1. The Bertz CT molecular complexity index is 803. The average molecular weight is 415 g/mol. The first-order chi connectivity index (χ1) is 14.3. The van der Waals surface area contributed by atoms with Gasteiger partial charge in [0.15, 0.2) is 0 Å². The third-order valence-electron chi connectivity index (χ3n) is 5.31. The fraction of sp³-hybridized carbons (Fsp3) is 0.565. The predicted molar refractivity (Wildman–Crippen MR) is 117 cm³/mol. The van der Waals surface area contributed by atoms with Crippen LogP contribution in [-0.4, -0.2) is 66.7 Å². The minimum absolute atomic E-state index is 0.0438. The lowest BCUT2D eigenvalue weighted by Gasteiger charge is -2.33. The zero-order chi connectivity index (χ0) is 21.6. The van der Waals surface area contributed by atoms with E-state index in [1.807, 2.05) is 25.1 Å². The summed E-state index contributed by atoms with van der Waals surface area (Å²) >= 11 is 0. The Morgan fingerprint density at radius 2 is 1.80 bits per heavy atom. The number of piperazine rings is 1. The summed E-state index contributed by atoms with van der Waals surface area (Å²) in [5, 5.41) is 7.00. The van der Waals surface area contributed by atoms with Crippen LogP contribution in [0.25, 0.3) is 0 Å². The van der Waals surface area contributed by atoms with Crippen molar-refractivity contribution in [3.8, 4) is 5.75 Å². The smallest absolute Gasteiger partial charge is 0.234 e. The summed E-state index contributed by atoms with van der Waals surface area (Å²) in [6.07, 6.45) is 0. The van der Waals surface area contributed by atoms with Gasteiger partial charge in [-0.2, -0.15) is 0 Å². The highest BCUT2D eigenvalue weighted by Gasteiger charge is 2.20. The molecule has 0 unspecified atom stereocenters. The van der Waals surface area contributed by atoms with Crippen molar-refractivity contribution in [3.63, 3.8) is 0 Å². The maximum atomic E-state index is 12.2. The third-order valence-corrected chi connectivity index (χ3v) is 5.31. The molecule has 1 amide bonds. The van der Waals surface area contributed by atoms with E-state index in [1.54, 1.807) is 0 Å². The van der Waals surface area contributed by atoms with Crippen molar-refractivity contribution in [2.24, 2.45) is 0 Å². The van der Waals surface area contributed by atoms with Crippen molar-refractivity contribution < 1.29 is 14.1 Å². The van der Waals surface area contributed by atoms with Gasteiger partial charge in [-0.1, -0.05) is 38.1 Å². The molecule has 0 radical (unpaired) electrons. The monoisotopic (exact) mass is 414 g/mol. The Kier molecular flexibility index (Phi) is 7.50. The van der Waals surface area contributed by atoms with Crippen LogP contribution < -0.4 is 10.1 Å². The molecular weight excluding hydrogens is 380 g/mol. The van der Waals surface area contributed by atoms with Crippen LogP contribution >= 0.6 is 0 Å². The van der Waals surface area contributed by atoms with Gasteiger partial charge in [0, 0.05) is 38.8 Å². The van der Waals surface area contributed by atoms with Gasteiger partial charge in [-0.3, -0.25) is 14.6 Å². The first-order valence-electron chi connectivity index (χ1n) is 10.7. The number of aromatic nitrogens is 1. The molecule has 1 aliphatic heterocycles. The van der Waals surface area contributed by atoms with Gasteiger partial charge in [0.2, 0.25) is 5.91 Å². The molecule has 0 saturated carbocycles. The number of hydrogen-bond donors (Lipinski definition) is 1. The van der Waals surface area contributed by atoms with Crippen LogP contribution in [0.3, 0.4) is 0 Å². The molecule has 2 aromatic rings. The van der Waals surface area contributed by atoms with E-state index in [9.17, 15) is 4.79 Å². The van der Waals surface area contributed by atoms with E-state index in [0.29, 0.717) is 19.7 Å². The number of nitrogens with zero attached hydrogens (tertiary/aromatic N) is 3. The second kappa shape index (κ2) is 10.1. The van der Waals surface area contributed by atoms with Crippen LogP contribution in [0.4, 0.5) is 0 Å². The molecule has 1 aliphatic rings. The number of nitrogens with one attached hydrogen (secondary N) is 1. The van der Waals surface area contributed by atoms with E-state index < -0.39 is 0 Å². The van der Waals surface area contributed by atoms with Gasteiger partial charge in [-0.25, -0.2) is 0 Å². The Hall–Kier alpha value is -2.38. The van der Waals surface area contributed by atoms with Crippen LogP contribution in [0.2, 0.25) is 0 Å². The Balaban J connectivity index is 1.29. The summed E-state index contributed by atoms with van der Waals surface area (Å²) < 4.78 is 10.9. The lowest BCUT2D eigenvalue weighted by molar-refractivity contribution is -0.122. The predicted octanol–water partition coefficient (Wildman–Crippen LogP) is 2.59. The minimum Gasteiger partial charge on any atom is -0.492 e. The van der Waals surface area contributed by atoms with Crippen molar-refractivity contribution in [3.05, 3.63) is 47.3 Å². The molecular formula is C23H34N4O3. The molecule has 0 atom stereocenters. The fourth-order valence-electron chi connectivity index (χ4n) is 3.50. The minimum atomic E-state index is 0.0438. The number of ether oxygens (including phenoxy) is 1. The topological polar surface area (TPSA) is 70.8 Å². The van der Waals surface area contributed by atoms with E-state index in [4.69, 9.17) is 9.26 Å². The van der Waals surface area contributed by atoms with Gasteiger partial charge in [0.05, 0.1) is 18.8 Å². The number of hydrogen-bond acceptors (Lipinski definition) is 6. The molecule has 164 valence electrons. The molecule has 3 rings (SSSR count). The molecule has 1 fully saturated rings. The number of aryl methyl sites for hydroxylation is 1. The van der Waals surface area contributed by atoms with Gasteiger partial charge in [-0.05, 0) is 30.0 Å². The molecule has 2 heterocycles. The van der Waals surface area contributed by atoms with Crippen LogP contribution in [0, 0.1) is 6.92 Å². The first kappa shape index (κ1) is 22.3. The number of carbonyl (C=O) groups is 1. The SMILES string of the molecule is Cc1cc(CN2CCN(CC(=O)NCCOc3ccc(C(C)(C)C)cc3)CC2)no1. The molecule has 7 heteroatoms. The highest BCUT2D eigenvalue weighted by Crippen LogP contribution is 2.24. The van der Waals surface area contributed by atoms with E-state index in [1.165, 1.54) is 5.56 Å². The summed E-state index contributed by atoms with van der Waals surface area (Å²) in [7, 11) is 0. The molecule has 0 bridgehead atoms. The van der Waals surface area contributed by atoms with Gasteiger partial charge in [0.1, 0.15) is 18.1 Å². The number of amides is 1. The molecule has 1 aromatic carbocycles. The molecule has 0 spiro atoms. The third kappa shape index (κ3) is 6.85. The normalized spacial score (nSPS) is 15.9. The molecule has 1 N–H and O–H groups in total. The average Bonchev–Trinajstić information content (AvgIpc) is 3.11. The number of rotatable bonds is 8. The van der Waals surface area contributed by atoms with E-state index >= 15 is 0 Å². The van der Waals surface area contributed by atoms with Crippen molar-refractivity contribution in [2.75, 3.05) is 45.9 Å². The fourth-order valence-corrected chi connectivity index (χ4v) is 3.50. The van der Waals surface area contributed by atoms with Crippen LogP contribution in [0.5, 0.6) is 5.75 Å². The Morgan fingerprint density at radius 3 is 2.40 bits per heavy atom.